The molecule has 2 amide bonds. The first-order chi connectivity index (χ1) is 16.3. The predicted octanol–water partition coefficient (Wildman–Crippen LogP) is 4.27. The molecule has 34 heavy (non-hydrogen) atoms. The van der Waals surface area contributed by atoms with Gasteiger partial charge < -0.3 is 9.84 Å². The Labute approximate surface area is 194 Å². The van der Waals surface area contributed by atoms with E-state index >= 15 is 0 Å². The first-order valence-corrected chi connectivity index (χ1v) is 10.4. The molecule has 0 heterocycles. The van der Waals surface area contributed by atoms with Crippen LogP contribution in [0.4, 0.5) is 14.9 Å². The highest BCUT2D eigenvalue weighted by atomic mass is 19.1. The van der Waals surface area contributed by atoms with Crippen LogP contribution in [0.2, 0.25) is 0 Å². The molecule has 2 N–H and O–H groups in total. The molecule has 0 fully saturated rings. The van der Waals surface area contributed by atoms with E-state index in [9.17, 15) is 18.8 Å². The van der Waals surface area contributed by atoms with Crippen LogP contribution in [0.1, 0.15) is 27.4 Å². The average Bonchev–Trinajstić information content (AvgIpc) is 3.14. The Kier molecular flexibility index (Phi) is 6.55. The van der Waals surface area contributed by atoms with Crippen LogP contribution in [0.3, 0.4) is 0 Å². The summed E-state index contributed by atoms with van der Waals surface area (Å²) in [5.41, 5.74) is 4.10. The maximum Gasteiger partial charge on any atom is 0.411 e. The number of carbonyl (C=O) groups is 3. The van der Waals surface area contributed by atoms with Crippen molar-refractivity contribution in [3.05, 3.63) is 89.2 Å². The number of nitrogens with one attached hydrogen (secondary N) is 1. The van der Waals surface area contributed by atoms with E-state index in [4.69, 9.17) is 14.7 Å². The van der Waals surface area contributed by atoms with Gasteiger partial charge in [0.15, 0.2) is 6.61 Å². The number of hydrogen-bond acceptors (Lipinski definition) is 5. The molecule has 0 spiro atoms. The van der Waals surface area contributed by atoms with E-state index in [1.807, 2.05) is 48.5 Å². The van der Waals surface area contributed by atoms with Crippen LogP contribution >= 0.6 is 0 Å². The molecule has 1 aliphatic carbocycles. The number of ether oxygens (including phenoxy) is 1. The van der Waals surface area contributed by atoms with Crippen molar-refractivity contribution in [1.82, 2.24) is 5.06 Å². The molecule has 0 radical (unpaired) electrons. The van der Waals surface area contributed by atoms with Gasteiger partial charge in [-0.3, -0.25) is 14.9 Å². The van der Waals surface area contributed by atoms with Crippen LogP contribution in [0.15, 0.2) is 66.7 Å². The van der Waals surface area contributed by atoms with Gasteiger partial charge in [-0.15, -0.1) is 0 Å². The van der Waals surface area contributed by atoms with Gasteiger partial charge in [-0.25, -0.2) is 19.0 Å². The minimum atomic E-state index is -1.28. The lowest BCUT2D eigenvalue weighted by Crippen LogP contribution is -2.30. The maximum atomic E-state index is 14.5. The molecule has 1 aliphatic rings. The number of anilines is 1. The molecule has 8 nitrogen and oxygen atoms in total. The SMILES string of the molecule is CN(OCC(=O)O)C(=O)c1ccc(NC(=O)OCC2c3ccccc3-c3ccccc32)cc1F. The quantitative estimate of drug-likeness (QED) is 0.506. The fourth-order valence-corrected chi connectivity index (χ4v) is 3.90. The number of amides is 2. The fourth-order valence-electron chi connectivity index (χ4n) is 3.90. The van der Waals surface area contributed by atoms with Gasteiger partial charge >= 0.3 is 12.1 Å². The highest BCUT2D eigenvalue weighted by Gasteiger charge is 2.29. The molecule has 0 unspecified atom stereocenters. The van der Waals surface area contributed by atoms with Gasteiger partial charge in [0, 0.05) is 18.7 Å². The van der Waals surface area contributed by atoms with Crippen molar-refractivity contribution in [2.75, 3.05) is 25.6 Å². The van der Waals surface area contributed by atoms with Gasteiger partial charge in [-0.1, -0.05) is 48.5 Å². The molecule has 3 aromatic rings. The maximum absolute atomic E-state index is 14.5. The van der Waals surface area contributed by atoms with Crippen molar-refractivity contribution >= 4 is 23.7 Å². The van der Waals surface area contributed by atoms with Crippen LogP contribution in [-0.2, 0) is 14.4 Å². The van der Waals surface area contributed by atoms with Gasteiger partial charge in [-0.05, 0) is 40.5 Å². The lowest BCUT2D eigenvalue weighted by Gasteiger charge is -2.16. The summed E-state index contributed by atoms with van der Waals surface area (Å²) in [4.78, 5) is 39.9. The monoisotopic (exact) mass is 464 g/mol. The molecule has 0 saturated heterocycles. The number of rotatable bonds is 7. The third-order valence-corrected chi connectivity index (χ3v) is 5.46. The van der Waals surface area contributed by atoms with E-state index in [2.05, 4.69) is 5.32 Å². The second-order valence-electron chi connectivity index (χ2n) is 7.61. The molecule has 3 aromatic carbocycles. The summed E-state index contributed by atoms with van der Waals surface area (Å²) in [6.07, 6.45) is -0.762. The predicted molar refractivity (Wildman–Crippen MR) is 121 cm³/mol. The fraction of sp³-hybridized carbons (Fsp3) is 0.160. The summed E-state index contributed by atoms with van der Waals surface area (Å²) >= 11 is 0. The van der Waals surface area contributed by atoms with Crippen molar-refractivity contribution < 1.29 is 33.5 Å². The van der Waals surface area contributed by atoms with Crippen molar-refractivity contribution in [1.29, 1.82) is 0 Å². The van der Waals surface area contributed by atoms with Gasteiger partial charge in [0.1, 0.15) is 12.4 Å². The van der Waals surface area contributed by atoms with Gasteiger partial charge in [0.05, 0.1) is 5.56 Å². The van der Waals surface area contributed by atoms with E-state index < -0.39 is 30.4 Å². The first kappa shape index (κ1) is 22.9. The van der Waals surface area contributed by atoms with Crippen LogP contribution in [0.25, 0.3) is 11.1 Å². The van der Waals surface area contributed by atoms with E-state index in [-0.39, 0.29) is 23.8 Å². The number of hydroxylamine groups is 2. The van der Waals surface area contributed by atoms with Crippen molar-refractivity contribution in [3.8, 4) is 11.1 Å². The number of halogens is 1. The van der Waals surface area contributed by atoms with Crippen molar-refractivity contribution in [2.24, 2.45) is 0 Å². The smallest absolute Gasteiger partial charge is 0.411 e. The third kappa shape index (κ3) is 4.74. The molecular weight excluding hydrogens is 443 g/mol. The molecule has 0 bridgehead atoms. The summed E-state index contributed by atoms with van der Waals surface area (Å²) in [5, 5.41) is 11.7. The van der Waals surface area contributed by atoms with E-state index in [1.54, 1.807) is 0 Å². The highest BCUT2D eigenvalue weighted by molar-refractivity contribution is 5.94. The number of carboxylic acid groups (broad SMARTS) is 1. The third-order valence-electron chi connectivity index (χ3n) is 5.46. The van der Waals surface area contributed by atoms with Crippen LogP contribution in [0.5, 0.6) is 0 Å². The largest absolute Gasteiger partial charge is 0.479 e. The Morgan fingerprint density at radius 3 is 2.21 bits per heavy atom. The Hall–Kier alpha value is -4.24. The van der Waals surface area contributed by atoms with Crippen LogP contribution in [0, 0.1) is 5.82 Å². The number of fused-ring (bicyclic) bond motifs is 3. The zero-order chi connectivity index (χ0) is 24.2. The summed E-state index contributed by atoms with van der Waals surface area (Å²) in [6, 6.07) is 19.3. The summed E-state index contributed by atoms with van der Waals surface area (Å²) in [5.74, 6) is -3.17. The van der Waals surface area contributed by atoms with E-state index in [0.29, 0.717) is 5.06 Å². The second kappa shape index (κ2) is 9.72. The number of nitrogens with zero attached hydrogens (tertiary/aromatic N) is 1. The van der Waals surface area contributed by atoms with Crippen molar-refractivity contribution in [2.45, 2.75) is 5.92 Å². The number of aliphatic carboxylic acids is 1. The number of carbonyl (C=O) groups excluding carboxylic acids is 2. The normalized spacial score (nSPS) is 11.9. The summed E-state index contributed by atoms with van der Waals surface area (Å²) < 4.78 is 19.9. The molecule has 4 rings (SSSR count). The van der Waals surface area contributed by atoms with Gasteiger partial charge in [-0.2, -0.15) is 0 Å². The van der Waals surface area contributed by atoms with Crippen LogP contribution < -0.4 is 5.32 Å². The van der Waals surface area contributed by atoms with Crippen molar-refractivity contribution in [3.63, 3.8) is 0 Å². The minimum absolute atomic E-state index is 0.0976. The number of carboxylic acids is 1. The Morgan fingerprint density at radius 2 is 1.62 bits per heavy atom. The Bertz CT molecular complexity index is 1220. The molecule has 9 heteroatoms. The number of benzene rings is 3. The lowest BCUT2D eigenvalue weighted by atomic mass is 9.98. The van der Waals surface area contributed by atoms with E-state index in [0.717, 1.165) is 34.4 Å². The molecule has 0 saturated carbocycles. The molecule has 174 valence electrons. The van der Waals surface area contributed by atoms with E-state index in [1.165, 1.54) is 13.1 Å². The second-order valence-corrected chi connectivity index (χ2v) is 7.61. The first-order valence-electron chi connectivity index (χ1n) is 10.4. The molecule has 0 atom stereocenters. The minimum Gasteiger partial charge on any atom is -0.479 e. The standard InChI is InChI=1S/C25H21FN2O6/c1-28(34-14-23(29)30)24(31)20-11-10-15(12-22(20)26)27-25(32)33-13-21-18-8-4-2-6-16(18)17-7-3-5-9-19(17)21/h2-12,21H,13-14H2,1H3,(H,27,32)(H,29,30). The Morgan fingerprint density at radius 1 is 1.00 bits per heavy atom. The lowest BCUT2D eigenvalue weighted by molar-refractivity contribution is -0.159. The van der Waals surface area contributed by atoms with Gasteiger partial charge in [0.2, 0.25) is 0 Å². The van der Waals surface area contributed by atoms with Gasteiger partial charge in [0.25, 0.3) is 5.91 Å². The molecule has 0 aliphatic heterocycles. The number of hydrogen-bond donors (Lipinski definition) is 2. The summed E-state index contributed by atoms with van der Waals surface area (Å²) in [7, 11) is 1.17. The molecule has 0 aromatic heterocycles. The average molecular weight is 464 g/mol. The zero-order valence-electron chi connectivity index (χ0n) is 18.2. The Balaban J connectivity index is 1.39. The highest BCUT2D eigenvalue weighted by Crippen LogP contribution is 2.44. The van der Waals surface area contributed by atoms with Crippen LogP contribution in [-0.4, -0.2) is 48.4 Å². The molecular formula is C25H21FN2O6. The summed E-state index contributed by atoms with van der Waals surface area (Å²) in [6.45, 7) is -0.643. The zero-order valence-corrected chi connectivity index (χ0v) is 18.2. The topological polar surface area (TPSA) is 105 Å².